The minimum Gasteiger partial charge on any atom is -0.245 e. The van der Waals surface area contributed by atoms with Crippen LogP contribution >= 0.6 is 0 Å². The standard InChI is InChI=1S/C20H34N2/c1-3-5-12-17-13-9-7-6-8-10-14-18(11-4-2)20-19(17)15-21-16-22-20/h15-18H,3-14H2,1-2H3. The van der Waals surface area contributed by atoms with Crippen molar-refractivity contribution in [2.45, 2.75) is 103 Å². The zero-order valence-electron chi connectivity index (χ0n) is 14.7. The van der Waals surface area contributed by atoms with Gasteiger partial charge in [-0.1, -0.05) is 65.2 Å². The molecule has 2 rings (SSSR count). The van der Waals surface area contributed by atoms with Crippen LogP contribution in [0.4, 0.5) is 0 Å². The molecule has 2 nitrogen and oxygen atoms in total. The summed E-state index contributed by atoms with van der Waals surface area (Å²) in [7, 11) is 0. The fourth-order valence-electron chi connectivity index (χ4n) is 3.99. The lowest BCUT2D eigenvalue weighted by molar-refractivity contribution is 0.502. The van der Waals surface area contributed by atoms with E-state index < -0.39 is 0 Å². The van der Waals surface area contributed by atoms with Gasteiger partial charge in [-0.3, -0.25) is 0 Å². The highest BCUT2D eigenvalue weighted by molar-refractivity contribution is 5.24. The second-order valence-corrected chi connectivity index (χ2v) is 7.03. The van der Waals surface area contributed by atoms with E-state index in [1.807, 2.05) is 0 Å². The third kappa shape index (κ3) is 5.07. The Kier molecular flexibility index (Phi) is 7.90. The summed E-state index contributed by atoms with van der Waals surface area (Å²) in [6.07, 6.45) is 20.0. The normalized spacial score (nSPS) is 23.5. The fraction of sp³-hybridized carbons (Fsp3) is 0.800. The molecule has 0 fully saturated rings. The van der Waals surface area contributed by atoms with Gasteiger partial charge in [-0.15, -0.1) is 0 Å². The first-order chi connectivity index (χ1) is 10.9. The summed E-state index contributed by atoms with van der Waals surface area (Å²) in [6.45, 7) is 4.61. The Bertz CT molecular complexity index is 416. The molecule has 1 aliphatic rings. The summed E-state index contributed by atoms with van der Waals surface area (Å²) in [5.41, 5.74) is 2.87. The number of nitrogens with zero attached hydrogens (tertiary/aromatic N) is 2. The van der Waals surface area contributed by atoms with Crippen LogP contribution in [-0.2, 0) is 0 Å². The van der Waals surface area contributed by atoms with Gasteiger partial charge in [0.05, 0.1) is 5.69 Å². The Labute approximate surface area is 137 Å². The van der Waals surface area contributed by atoms with Crippen LogP contribution < -0.4 is 0 Å². The predicted molar refractivity (Wildman–Crippen MR) is 94.3 cm³/mol. The monoisotopic (exact) mass is 302 g/mol. The molecule has 1 heterocycles. The van der Waals surface area contributed by atoms with Crippen molar-refractivity contribution in [3.05, 3.63) is 23.8 Å². The van der Waals surface area contributed by atoms with Gasteiger partial charge in [0.15, 0.2) is 0 Å². The van der Waals surface area contributed by atoms with Crippen molar-refractivity contribution >= 4 is 0 Å². The van der Waals surface area contributed by atoms with Crippen LogP contribution in [0.25, 0.3) is 0 Å². The molecule has 22 heavy (non-hydrogen) atoms. The second kappa shape index (κ2) is 9.97. The van der Waals surface area contributed by atoms with Crippen LogP contribution in [-0.4, -0.2) is 9.97 Å². The van der Waals surface area contributed by atoms with Crippen molar-refractivity contribution in [1.82, 2.24) is 9.97 Å². The van der Waals surface area contributed by atoms with Crippen molar-refractivity contribution < 1.29 is 0 Å². The molecule has 2 unspecified atom stereocenters. The molecule has 1 aromatic rings. The summed E-state index contributed by atoms with van der Waals surface area (Å²) in [5, 5.41) is 0. The molecular formula is C20H34N2. The van der Waals surface area contributed by atoms with Crippen molar-refractivity contribution in [1.29, 1.82) is 0 Å². The van der Waals surface area contributed by atoms with Gasteiger partial charge in [0, 0.05) is 12.1 Å². The number of aromatic nitrogens is 2. The molecule has 124 valence electrons. The smallest absolute Gasteiger partial charge is 0.115 e. The van der Waals surface area contributed by atoms with Gasteiger partial charge in [-0.25, -0.2) is 9.97 Å². The zero-order valence-corrected chi connectivity index (χ0v) is 14.7. The average molecular weight is 303 g/mol. The Morgan fingerprint density at radius 1 is 0.909 bits per heavy atom. The maximum absolute atomic E-state index is 4.77. The van der Waals surface area contributed by atoms with Gasteiger partial charge in [0.25, 0.3) is 0 Å². The Hall–Kier alpha value is -0.920. The molecule has 0 saturated heterocycles. The molecule has 0 aliphatic heterocycles. The van der Waals surface area contributed by atoms with Crippen LogP contribution in [0.5, 0.6) is 0 Å². The van der Waals surface area contributed by atoms with Crippen molar-refractivity contribution in [2.75, 3.05) is 0 Å². The first-order valence-corrected chi connectivity index (χ1v) is 9.66. The Morgan fingerprint density at radius 2 is 1.64 bits per heavy atom. The van der Waals surface area contributed by atoms with Gasteiger partial charge in [0.2, 0.25) is 0 Å². The van der Waals surface area contributed by atoms with Crippen molar-refractivity contribution in [3.63, 3.8) is 0 Å². The molecule has 0 amide bonds. The van der Waals surface area contributed by atoms with Crippen LogP contribution in [0.3, 0.4) is 0 Å². The molecule has 2 atom stereocenters. The molecule has 2 heteroatoms. The number of hydrogen-bond acceptors (Lipinski definition) is 2. The Morgan fingerprint density at radius 3 is 2.36 bits per heavy atom. The maximum Gasteiger partial charge on any atom is 0.115 e. The highest BCUT2D eigenvalue weighted by Crippen LogP contribution is 2.36. The number of unbranched alkanes of at least 4 members (excludes halogenated alkanes) is 1. The van der Waals surface area contributed by atoms with Gasteiger partial charge < -0.3 is 0 Å². The predicted octanol–water partition coefficient (Wildman–Crippen LogP) is 6.38. The average Bonchev–Trinajstić information content (AvgIpc) is 2.58. The van der Waals surface area contributed by atoms with Gasteiger partial charge >= 0.3 is 0 Å². The van der Waals surface area contributed by atoms with Crippen molar-refractivity contribution in [3.8, 4) is 0 Å². The van der Waals surface area contributed by atoms with Crippen molar-refractivity contribution in [2.24, 2.45) is 0 Å². The molecule has 1 aromatic heterocycles. The second-order valence-electron chi connectivity index (χ2n) is 7.03. The quantitative estimate of drug-likeness (QED) is 0.630. The first-order valence-electron chi connectivity index (χ1n) is 9.66. The minimum absolute atomic E-state index is 0.658. The van der Waals surface area contributed by atoms with E-state index in [1.54, 1.807) is 6.33 Å². The lowest BCUT2D eigenvalue weighted by atomic mass is 9.84. The number of hydrogen-bond donors (Lipinski definition) is 0. The first kappa shape index (κ1) is 17.4. The number of fused-ring (bicyclic) bond motifs is 1. The lowest BCUT2D eigenvalue weighted by Gasteiger charge is -2.23. The highest BCUT2D eigenvalue weighted by Gasteiger charge is 2.22. The van der Waals surface area contributed by atoms with E-state index in [4.69, 9.17) is 4.98 Å². The molecule has 0 N–H and O–H groups in total. The van der Waals surface area contributed by atoms with E-state index in [-0.39, 0.29) is 0 Å². The molecular weight excluding hydrogens is 268 g/mol. The molecule has 0 bridgehead atoms. The minimum atomic E-state index is 0.658. The van der Waals surface area contributed by atoms with Gasteiger partial charge in [-0.05, 0) is 37.2 Å². The van der Waals surface area contributed by atoms with Crippen LogP contribution in [0.1, 0.15) is 114 Å². The van der Waals surface area contributed by atoms with E-state index in [0.29, 0.717) is 11.8 Å². The van der Waals surface area contributed by atoms with Crippen LogP contribution in [0, 0.1) is 0 Å². The molecule has 0 spiro atoms. The van der Waals surface area contributed by atoms with E-state index >= 15 is 0 Å². The molecule has 0 aromatic carbocycles. The zero-order chi connectivity index (χ0) is 15.6. The van der Waals surface area contributed by atoms with E-state index in [9.17, 15) is 0 Å². The van der Waals surface area contributed by atoms with Gasteiger partial charge in [0.1, 0.15) is 6.33 Å². The highest BCUT2D eigenvalue weighted by atomic mass is 14.8. The lowest BCUT2D eigenvalue weighted by Crippen LogP contribution is -2.10. The summed E-state index contributed by atoms with van der Waals surface area (Å²) in [5.74, 6) is 1.35. The summed E-state index contributed by atoms with van der Waals surface area (Å²) in [6, 6.07) is 0. The molecule has 0 radical (unpaired) electrons. The van der Waals surface area contributed by atoms with E-state index in [2.05, 4.69) is 25.0 Å². The number of rotatable bonds is 5. The molecule has 1 aliphatic carbocycles. The summed E-state index contributed by atoms with van der Waals surface area (Å²) < 4.78 is 0. The Balaban J connectivity index is 2.27. The largest absolute Gasteiger partial charge is 0.245 e. The maximum atomic E-state index is 4.77. The topological polar surface area (TPSA) is 25.8 Å². The molecule has 0 saturated carbocycles. The summed E-state index contributed by atoms with van der Waals surface area (Å²) in [4.78, 5) is 9.16. The van der Waals surface area contributed by atoms with Crippen LogP contribution in [0.2, 0.25) is 0 Å². The van der Waals surface area contributed by atoms with E-state index in [1.165, 1.54) is 88.3 Å². The third-order valence-electron chi connectivity index (χ3n) is 5.25. The van der Waals surface area contributed by atoms with Crippen LogP contribution in [0.15, 0.2) is 12.5 Å². The fourth-order valence-corrected chi connectivity index (χ4v) is 3.99. The third-order valence-corrected chi connectivity index (χ3v) is 5.25. The van der Waals surface area contributed by atoms with E-state index in [0.717, 1.165) is 0 Å². The van der Waals surface area contributed by atoms with Gasteiger partial charge in [-0.2, -0.15) is 0 Å². The summed E-state index contributed by atoms with van der Waals surface area (Å²) >= 11 is 0. The SMILES string of the molecule is CCCCC1CCCCCCCC(CCC)c2ncncc21.